The molecule has 0 fully saturated rings. The number of nitrogens with zero attached hydrogens (tertiary/aromatic N) is 3. The molecule has 0 aliphatic carbocycles. The Labute approximate surface area is 128 Å². The summed E-state index contributed by atoms with van der Waals surface area (Å²) in [4.78, 5) is 23.5. The lowest BCUT2D eigenvalue weighted by Gasteiger charge is -2.16. The average Bonchev–Trinajstić information content (AvgIpc) is 2.94. The number of amides is 1. The molecule has 2 rings (SSSR count). The maximum Gasteiger partial charge on any atom is 0.254 e. The van der Waals surface area contributed by atoms with Crippen molar-refractivity contribution < 1.29 is 9.53 Å². The first-order chi connectivity index (χ1) is 10.1. The second-order valence-electron chi connectivity index (χ2n) is 4.55. The van der Waals surface area contributed by atoms with Gasteiger partial charge in [0.2, 0.25) is 5.88 Å². The summed E-state index contributed by atoms with van der Waals surface area (Å²) in [6, 6.07) is 3.37. The van der Waals surface area contributed by atoms with Crippen LogP contribution in [0, 0.1) is 0 Å². The average molecular weight is 305 g/mol. The van der Waals surface area contributed by atoms with Crippen LogP contribution < -0.4 is 4.74 Å². The van der Waals surface area contributed by atoms with Crippen molar-refractivity contribution in [2.45, 2.75) is 26.8 Å². The van der Waals surface area contributed by atoms with Crippen LogP contribution in [0.4, 0.5) is 0 Å². The van der Waals surface area contributed by atoms with E-state index >= 15 is 0 Å². The minimum absolute atomic E-state index is 0.0511. The second-order valence-corrected chi connectivity index (χ2v) is 5.75. The van der Waals surface area contributed by atoms with Gasteiger partial charge in [0, 0.05) is 35.9 Å². The summed E-state index contributed by atoms with van der Waals surface area (Å²) >= 11 is 1.64. The zero-order valence-electron chi connectivity index (χ0n) is 12.5. The summed E-state index contributed by atoms with van der Waals surface area (Å²) in [6.45, 7) is 5.05. The predicted molar refractivity (Wildman–Crippen MR) is 82.7 cm³/mol. The molecule has 0 aliphatic rings. The highest BCUT2D eigenvalue weighted by molar-refractivity contribution is 7.11. The minimum Gasteiger partial charge on any atom is -0.478 e. The fourth-order valence-corrected chi connectivity index (χ4v) is 2.80. The molecular formula is C15H19N3O2S. The van der Waals surface area contributed by atoms with E-state index in [2.05, 4.69) is 16.9 Å². The SMILES string of the molecule is CCOc1cc(C(=O)N(C)Cc2cnc(CC)s2)ccn1. The van der Waals surface area contributed by atoms with Gasteiger partial charge >= 0.3 is 0 Å². The number of hydrogen-bond donors (Lipinski definition) is 0. The molecule has 2 aromatic rings. The Morgan fingerprint density at radius 1 is 1.38 bits per heavy atom. The molecular weight excluding hydrogens is 286 g/mol. The van der Waals surface area contributed by atoms with E-state index in [1.54, 1.807) is 41.6 Å². The molecule has 21 heavy (non-hydrogen) atoms. The maximum atomic E-state index is 12.4. The number of thiazole rings is 1. The van der Waals surface area contributed by atoms with Gasteiger partial charge in [0.25, 0.3) is 5.91 Å². The third kappa shape index (κ3) is 4.01. The first kappa shape index (κ1) is 15.4. The number of aryl methyl sites for hydroxylation is 1. The predicted octanol–water partition coefficient (Wildman–Crippen LogP) is 2.77. The first-order valence-corrected chi connectivity index (χ1v) is 7.73. The Morgan fingerprint density at radius 2 is 2.19 bits per heavy atom. The van der Waals surface area contributed by atoms with Crippen molar-refractivity contribution in [3.63, 3.8) is 0 Å². The third-order valence-corrected chi connectivity index (χ3v) is 4.04. The van der Waals surface area contributed by atoms with Crippen molar-refractivity contribution in [3.8, 4) is 5.88 Å². The third-order valence-electron chi connectivity index (χ3n) is 2.92. The molecule has 0 saturated heterocycles. The molecule has 6 heteroatoms. The number of pyridine rings is 1. The van der Waals surface area contributed by atoms with Gasteiger partial charge in [-0.05, 0) is 19.4 Å². The summed E-state index contributed by atoms with van der Waals surface area (Å²) < 4.78 is 5.32. The molecule has 0 spiro atoms. The number of rotatable bonds is 6. The molecule has 5 nitrogen and oxygen atoms in total. The topological polar surface area (TPSA) is 55.3 Å². The van der Waals surface area contributed by atoms with Crippen LogP contribution in [0.15, 0.2) is 24.5 Å². The van der Waals surface area contributed by atoms with E-state index in [1.165, 1.54) is 0 Å². The summed E-state index contributed by atoms with van der Waals surface area (Å²) in [5, 5.41) is 1.09. The van der Waals surface area contributed by atoms with E-state index < -0.39 is 0 Å². The smallest absolute Gasteiger partial charge is 0.254 e. The molecule has 0 radical (unpaired) electrons. The highest BCUT2D eigenvalue weighted by Gasteiger charge is 2.14. The van der Waals surface area contributed by atoms with Crippen LogP contribution in [0.3, 0.4) is 0 Å². The summed E-state index contributed by atoms with van der Waals surface area (Å²) in [5.74, 6) is 0.424. The number of carbonyl (C=O) groups is 1. The quantitative estimate of drug-likeness (QED) is 0.823. The standard InChI is InChI=1S/C15H19N3O2S/c1-4-14-17-9-12(21-14)10-18(3)15(19)11-6-7-16-13(8-11)20-5-2/h6-9H,4-5,10H2,1-3H3. The van der Waals surface area contributed by atoms with E-state index in [0.29, 0.717) is 24.6 Å². The van der Waals surface area contributed by atoms with Crippen molar-refractivity contribution in [3.05, 3.63) is 40.0 Å². The molecule has 0 aromatic carbocycles. The van der Waals surface area contributed by atoms with Crippen LogP contribution >= 0.6 is 11.3 Å². The van der Waals surface area contributed by atoms with Gasteiger partial charge in [-0.2, -0.15) is 0 Å². The number of carbonyl (C=O) groups excluding carboxylic acids is 1. The monoisotopic (exact) mass is 305 g/mol. The maximum absolute atomic E-state index is 12.4. The second kappa shape index (κ2) is 7.17. The molecule has 2 aromatic heterocycles. The number of hydrogen-bond acceptors (Lipinski definition) is 5. The zero-order valence-corrected chi connectivity index (χ0v) is 13.3. The van der Waals surface area contributed by atoms with Crippen LogP contribution in [0.1, 0.15) is 34.1 Å². The minimum atomic E-state index is -0.0511. The van der Waals surface area contributed by atoms with Gasteiger partial charge in [-0.3, -0.25) is 4.79 Å². The Hall–Kier alpha value is -1.95. The Bertz CT molecular complexity index is 612. The van der Waals surface area contributed by atoms with Gasteiger partial charge in [-0.25, -0.2) is 9.97 Å². The Balaban J connectivity index is 2.06. The summed E-state index contributed by atoms with van der Waals surface area (Å²) in [7, 11) is 1.79. The molecule has 112 valence electrons. The molecule has 0 aliphatic heterocycles. The fourth-order valence-electron chi connectivity index (χ4n) is 1.88. The van der Waals surface area contributed by atoms with Gasteiger partial charge < -0.3 is 9.64 Å². The molecule has 2 heterocycles. The summed E-state index contributed by atoms with van der Waals surface area (Å²) in [5.41, 5.74) is 0.580. The lowest BCUT2D eigenvalue weighted by molar-refractivity contribution is 0.0785. The molecule has 0 unspecified atom stereocenters. The van der Waals surface area contributed by atoms with Gasteiger partial charge in [-0.1, -0.05) is 6.92 Å². The van der Waals surface area contributed by atoms with E-state index in [1.807, 2.05) is 13.1 Å². The normalized spacial score (nSPS) is 10.4. The van der Waals surface area contributed by atoms with E-state index in [0.717, 1.165) is 16.3 Å². The van der Waals surface area contributed by atoms with Crippen LogP contribution in [-0.2, 0) is 13.0 Å². The molecule has 0 bridgehead atoms. The highest BCUT2D eigenvalue weighted by Crippen LogP contribution is 2.17. The van der Waals surface area contributed by atoms with Crippen molar-refractivity contribution in [1.82, 2.24) is 14.9 Å². The van der Waals surface area contributed by atoms with Crippen LogP contribution in [0.2, 0.25) is 0 Å². The highest BCUT2D eigenvalue weighted by atomic mass is 32.1. The largest absolute Gasteiger partial charge is 0.478 e. The molecule has 0 atom stereocenters. The molecule has 1 amide bonds. The Kier molecular flexibility index (Phi) is 5.27. The molecule has 0 N–H and O–H groups in total. The van der Waals surface area contributed by atoms with Crippen molar-refractivity contribution in [2.24, 2.45) is 0 Å². The van der Waals surface area contributed by atoms with Crippen molar-refractivity contribution >= 4 is 17.2 Å². The van der Waals surface area contributed by atoms with Crippen molar-refractivity contribution in [2.75, 3.05) is 13.7 Å². The molecule has 0 saturated carbocycles. The number of aromatic nitrogens is 2. The van der Waals surface area contributed by atoms with E-state index in [9.17, 15) is 4.79 Å². The lowest BCUT2D eigenvalue weighted by atomic mass is 10.2. The van der Waals surface area contributed by atoms with E-state index in [4.69, 9.17) is 4.74 Å². The van der Waals surface area contributed by atoms with Crippen LogP contribution in [0.5, 0.6) is 5.88 Å². The Morgan fingerprint density at radius 3 is 2.86 bits per heavy atom. The van der Waals surface area contributed by atoms with Gasteiger partial charge in [0.05, 0.1) is 18.2 Å². The lowest BCUT2D eigenvalue weighted by Crippen LogP contribution is -2.25. The van der Waals surface area contributed by atoms with Crippen LogP contribution in [-0.4, -0.2) is 34.4 Å². The van der Waals surface area contributed by atoms with E-state index in [-0.39, 0.29) is 5.91 Å². The van der Waals surface area contributed by atoms with Gasteiger partial charge in [-0.15, -0.1) is 11.3 Å². The number of ether oxygens (including phenoxy) is 1. The van der Waals surface area contributed by atoms with Crippen LogP contribution in [0.25, 0.3) is 0 Å². The zero-order chi connectivity index (χ0) is 15.2. The van der Waals surface area contributed by atoms with Crippen molar-refractivity contribution in [1.29, 1.82) is 0 Å². The van der Waals surface area contributed by atoms with Gasteiger partial charge in [0.1, 0.15) is 0 Å². The fraction of sp³-hybridized carbons (Fsp3) is 0.400. The van der Waals surface area contributed by atoms with Gasteiger partial charge in [0.15, 0.2) is 0 Å². The summed E-state index contributed by atoms with van der Waals surface area (Å²) in [6.07, 6.45) is 4.35. The first-order valence-electron chi connectivity index (χ1n) is 6.92.